The van der Waals surface area contributed by atoms with E-state index in [1.165, 1.54) is 19.2 Å². The van der Waals surface area contributed by atoms with Crippen LogP contribution in [-0.2, 0) is 9.84 Å². The van der Waals surface area contributed by atoms with Gasteiger partial charge in [-0.25, -0.2) is 8.42 Å². The van der Waals surface area contributed by atoms with Gasteiger partial charge in [-0.15, -0.1) is 0 Å². The van der Waals surface area contributed by atoms with Crippen molar-refractivity contribution in [2.45, 2.75) is 17.4 Å². The number of hydrogen-bond acceptors (Lipinski definition) is 6. The van der Waals surface area contributed by atoms with Crippen LogP contribution >= 0.6 is 0 Å². The summed E-state index contributed by atoms with van der Waals surface area (Å²) in [5.41, 5.74) is 7.19. The number of rotatable bonds is 3. The number of ether oxygens (including phenoxy) is 1. The first-order chi connectivity index (χ1) is 11.4. The smallest absolute Gasteiger partial charge is 0.259 e. The second-order valence-electron chi connectivity index (χ2n) is 5.49. The predicted octanol–water partition coefficient (Wildman–Crippen LogP) is 1.52. The number of pyridine rings is 1. The zero-order chi connectivity index (χ0) is 17.3. The minimum Gasteiger partial charge on any atom is -0.496 e. The van der Waals surface area contributed by atoms with Gasteiger partial charge >= 0.3 is 0 Å². The molecule has 1 aliphatic rings. The lowest BCUT2D eigenvalue weighted by Crippen LogP contribution is -2.26. The molecular weight excluding hydrogens is 330 g/mol. The molecular formula is C16H17N3O4S. The van der Waals surface area contributed by atoms with Gasteiger partial charge in [0, 0.05) is 24.1 Å². The Morgan fingerprint density at radius 2 is 2.04 bits per heavy atom. The molecule has 7 nitrogen and oxygen atoms in total. The monoisotopic (exact) mass is 347 g/mol. The molecule has 0 spiro atoms. The first kappa shape index (κ1) is 16.4. The van der Waals surface area contributed by atoms with Gasteiger partial charge in [0.05, 0.1) is 23.3 Å². The molecule has 8 heteroatoms. The fraction of sp³-hybridized carbons (Fsp3) is 0.250. The first-order valence-electron chi connectivity index (χ1n) is 7.34. The van der Waals surface area contributed by atoms with E-state index < -0.39 is 21.8 Å². The molecule has 3 N–H and O–H groups in total. The molecule has 0 saturated carbocycles. The van der Waals surface area contributed by atoms with Gasteiger partial charge < -0.3 is 15.8 Å². The maximum Gasteiger partial charge on any atom is 0.259 e. The first-order valence-corrected chi connectivity index (χ1v) is 8.99. The molecule has 1 aromatic heterocycles. The van der Waals surface area contributed by atoms with E-state index in [2.05, 4.69) is 10.3 Å². The molecule has 2 heterocycles. The third-order valence-corrected chi connectivity index (χ3v) is 5.74. The number of nitrogens with zero attached hydrogens (tertiary/aromatic N) is 1. The number of benzene rings is 1. The number of carbonyl (C=O) groups excluding carboxylic acids is 1. The summed E-state index contributed by atoms with van der Waals surface area (Å²) in [6.45, 7) is 0. The third kappa shape index (κ3) is 2.98. The van der Waals surface area contributed by atoms with Gasteiger partial charge in [-0.1, -0.05) is 0 Å². The van der Waals surface area contributed by atoms with E-state index >= 15 is 0 Å². The molecule has 0 fully saturated rings. The topological polar surface area (TPSA) is 111 Å². The van der Waals surface area contributed by atoms with Crippen LogP contribution in [0, 0.1) is 0 Å². The second-order valence-corrected chi connectivity index (χ2v) is 7.57. The Balaban J connectivity index is 2.06. The maximum atomic E-state index is 12.5. The summed E-state index contributed by atoms with van der Waals surface area (Å²) in [5.74, 6) is -0.207. The lowest BCUT2D eigenvalue weighted by molar-refractivity contribution is 0.102. The van der Waals surface area contributed by atoms with Crippen LogP contribution in [-0.4, -0.2) is 32.2 Å². The van der Waals surface area contributed by atoms with Crippen molar-refractivity contribution in [3.8, 4) is 5.75 Å². The Morgan fingerprint density at radius 1 is 1.33 bits per heavy atom. The van der Waals surface area contributed by atoms with E-state index in [-0.39, 0.29) is 22.0 Å². The standard InChI is InChI=1S/C16H17N3O4S/c1-23-14-8-11-13(17)4-7-24(21,22)15(11)9-12(14)16(20)19-10-2-5-18-6-3-10/h2-3,5-6,8-9,13H,4,7,17H2,1H3,(H,18,19,20)/t13-/m0/s1. The molecule has 0 aliphatic carbocycles. The fourth-order valence-electron chi connectivity index (χ4n) is 2.66. The second kappa shape index (κ2) is 6.21. The van der Waals surface area contributed by atoms with Crippen molar-refractivity contribution in [3.63, 3.8) is 0 Å². The Kier molecular flexibility index (Phi) is 4.25. The average molecular weight is 347 g/mol. The van der Waals surface area contributed by atoms with Gasteiger partial charge in [-0.2, -0.15) is 0 Å². The lowest BCUT2D eigenvalue weighted by atomic mass is 10.0. The number of nitrogens with two attached hydrogens (primary N) is 1. The SMILES string of the molecule is COc1cc2c(cc1C(=O)Nc1ccncc1)S(=O)(=O)CC[C@@H]2N. The van der Waals surface area contributed by atoms with Crippen molar-refractivity contribution in [3.05, 3.63) is 47.8 Å². The van der Waals surface area contributed by atoms with Crippen LogP contribution in [0.3, 0.4) is 0 Å². The maximum absolute atomic E-state index is 12.5. The zero-order valence-corrected chi connectivity index (χ0v) is 13.8. The van der Waals surface area contributed by atoms with Crippen LogP contribution in [0.25, 0.3) is 0 Å². The van der Waals surface area contributed by atoms with Crippen molar-refractivity contribution >= 4 is 21.4 Å². The summed E-state index contributed by atoms with van der Waals surface area (Å²) < 4.78 is 29.9. The third-order valence-electron chi connectivity index (χ3n) is 3.95. The van der Waals surface area contributed by atoms with Crippen LogP contribution in [0.2, 0.25) is 0 Å². The van der Waals surface area contributed by atoms with Gasteiger partial charge in [-0.05, 0) is 36.2 Å². The van der Waals surface area contributed by atoms with Crippen LogP contribution in [0.1, 0.15) is 28.4 Å². The van der Waals surface area contributed by atoms with Gasteiger partial charge in [0.25, 0.3) is 5.91 Å². The highest BCUT2D eigenvalue weighted by molar-refractivity contribution is 7.91. The molecule has 0 saturated heterocycles. The number of methoxy groups -OCH3 is 1. The van der Waals surface area contributed by atoms with Gasteiger partial charge in [0.1, 0.15) is 5.75 Å². The molecule has 1 amide bonds. The minimum atomic E-state index is -3.45. The van der Waals surface area contributed by atoms with Crippen molar-refractivity contribution in [2.24, 2.45) is 5.73 Å². The Morgan fingerprint density at radius 3 is 2.71 bits per heavy atom. The summed E-state index contributed by atoms with van der Waals surface area (Å²) in [4.78, 5) is 16.5. The quantitative estimate of drug-likeness (QED) is 0.871. The molecule has 0 bridgehead atoms. The van der Waals surface area contributed by atoms with Crippen LogP contribution in [0.15, 0.2) is 41.6 Å². The molecule has 1 atom stereocenters. The number of carbonyl (C=O) groups is 1. The van der Waals surface area contributed by atoms with Crippen LogP contribution < -0.4 is 15.8 Å². The number of anilines is 1. The Labute approximate surface area is 139 Å². The highest BCUT2D eigenvalue weighted by atomic mass is 32.2. The van der Waals surface area contributed by atoms with Gasteiger partial charge in [0.15, 0.2) is 9.84 Å². The summed E-state index contributed by atoms with van der Waals surface area (Å²) in [6.07, 6.45) is 3.44. The van der Waals surface area contributed by atoms with Crippen LogP contribution in [0.4, 0.5) is 5.69 Å². The van der Waals surface area contributed by atoms with Gasteiger partial charge in [0.2, 0.25) is 0 Å². The number of amides is 1. The number of sulfone groups is 1. The van der Waals surface area contributed by atoms with Crippen molar-refractivity contribution < 1.29 is 17.9 Å². The molecule has 0 radical (unpaired) electrons. The Bertz CT molecular complexity index is 882. The van der Waals surface area contributed by atoms with Crippen LogP contribution in [0.5, 0.6) is 5.75 Å². The number of nitrogens with one attached hydrogen (secondary N) is 1. The predicted molar refractivity (Wildman–Crippen MR) is 88.8 cm³/mol. The van der Waals surface area contributed by atoms with E-state index in [1.54, 1.807) is 24.5 Å². The normalized spacial score (nSPS) is 18.5. The summed E-state index contributed by atoms with van der Waals surface area (Å²) in [7, 11) is -2.03. The lowest BCUT2D eigenvalue weighted by Gasteiger charge is -2.24. The molecule has 126 valence electrons. The Hall–Kier alpha value is -2.45. The molecule has 24 heavy (non-hydrogen) atoms. The summed E-state index contributed by atoms with van der Waals surface area (Å²) in [6, 6.07) is 5.76. The van der Waals surface area contributed by atoms with E-state index in [0.29, 0.717) is 17.7 Å². The van der Waals surface area contributed by atoms with Crippen molar-refractivity contribution in [1.29, 1.82) is 0 Å². The summed E-state index contributed by atoms with van der Waals surface area (Å²) >= 11 is 0. The zero-order valence-electron chi connectivity index (χ0n) is 13.0. The summed E-state index contributed by atoms with van der Waals surface area (Å²) in [5, 5.41) is 2.69. The van der Waals surface area contributed by atoms with Crippen molar-refractivity contribution in [2.75, 3.05) is 18.2 Å². The largest absolute Gasteiger partial charge is 0.496 e. The average Bonchev–Trinajstić information content (AvgIpc) is 2.58. The molecule has 2 aromatic rings. The number of aromatic nitrogens is 1. The highest BCUT2D eigenvalue weighted by Gasteiger charge is 2.31. The molecule has 3 rings (SSSR count). The number of hydrogen-bond donors (Lipinski definition) is 2. The van der Waals surface area contributed by atoms with E-state index in [9.17, 15) is 13.2 Å². The van der Waals surface area contributed by atoms with Crippen molar-refractivity contribution in [1.82, 2.24) is 4.98 Å². The minimum absolute atomic E-state index is 0.0289. The van der Waals surface area contributed by atoms with Gasteiger partial charge in [-0.3, -0.25) is 9.78 Å². The van der Waals surface area contributed by atoms with E-state index in [4.69, 9.17) is 10.5 Å². The highest BCUT2D eigenvalue weighted by Crippen LogP contribution is 2.35. The molecule has 1 aromatic carbocycles. The molecule has 1 aliphatic heterocycles. The van der Waals surface area contributed by atoms with E-state index in [1.807, 2.05) is 0 Å². The number of fused-ring (bicyclic) bond motifs is 1. The van der Waals surface area contributed by atoms with E-state index in [0.717, 1.165) is 0 Å². The molecule has 0 unspecified atom stereocenters. The fourth-order valence-corrected chi connectivity index (χ4v) is 4.31.